The van der Waals surface area contributed by atoms with Crippen LogP contribution in [0.2, 0.25) is 0 Å². The van der Waals surface area contributed by atoms with Crippen molar-refractivity contribution in [2.45, 2.75) is 52.5 Å². The molecule has 6 nitrogen and oxygen atoms in total. The maximum atomic E-state index is 12.7. The Morgan fingerprint density at radius 3 is 2.62 bits per heavy atom. The molecule has 1 aromatic carbocycles. The molecule has 0 bridgehead atoms. The number of aliphatic imine (C=N–C) groups is 1. The van der Waals surface area contributed by atoms with Crippen LogP contribution in [-0.4, -0.2) is 44.3 Å². The molecule has 0 unspecified atom stereocenters. The van der Waals surface area contributed by atoms with Gasteiger partial charge in [-0.05, 0) is 39.3 Å². The molecule has 0 atom stereocenters. The molecule has 0 N–H and O–H groups in total. The summed E-state index contributed by atoms with van der Waals surface area (Å²) in [5.41, 5.74) is 0.544. The molecule has 0 aromatic heterocycles. The Morgan fingerprint density at radius 1 is 1.27 bits per heavy atom. The average molecular weight is 363 g/mol. The minimum absolute atomic E-state index is 0.267. The molecule has 1 aliphatic heterocycles. The van der Waals surface area contributed by atoms with Crippen LogP contribution in [0.15, 0.2) is 17.1 Å². The third kappa shape index (κ3) is 4.68. The van der Waals surface area contributed by atoms with E-state index in [0.29, 0.717) is 41.7 Å². The molecule has 0 spiro atoms. The van der Waals surface area contributed by atoms with Crippen molar-refractivity contribution < 1.29 is 23.7 Å². The van der Waals surface area contributed by atoms with E-state index >= 15 is 0 Å². The van der Waals surface area contributed by atoms with Gasteiger partial charge < -0.3 is 18.9 Å². The molecule has 0 saturated heterocycles. The smallest absolute Gasteiger partial charge is 0.342 e. The van der Waals surface area contributed by atoms with Gasteiger partial charge in [0, 0.05) is 0 Å². The van der Waals surface area contributed by atoms with Gasteiger partial charge in [-0.15, -0.1) is 0 Å². The summed E-state index contributed by atoms with van der Waals surface area (Å²) in [4.78, 5) is 17.3. The van der Waals surface area contributed by atoms with Crippen molar-refractivity contribution in [1.29, 1.82) is 0 Å². The summed E-state index contributed by atoms with van der Waals surface area (Å²) in [5.74, 6) is 0.837. The van der Waals surface area contributed by atoms with E-state index in [0.717, 1.165) is 19.3 Å². The normalized spacial score (nSPS) is 15.2. The molecule has 0 saturated carbocycles. The van der Waals surface area contributed by atoms with Gasteiger partial charge in [0.25, 0.3) is 0 Å². The predicted octanol–water partition coefficient (Wildman–Crippen LogP) is 4.00. The van der Waals surface area contributed by atoms with E-state index in [2.05, 4.69) is 11.9 Å². The van der Waals surface area contributed by atoms with Crippen LogP contribution in [0, 0.1) is 0 Å². The Morgan fingerprint density at radius 2 is 2.04 bits per heavy atom. The van der Waals surface area contributed by atoms with E-state index < -0.39 is 5.97 Å². The monoisotopic (exact) mass is 363 g/mol. The van der Waals surface area contributed by atoms with Crippen molar-refractivity contribution in [2.24, 2.45) is 4.99 Å². The first-order chi connectivity index (χ1) is 12.4. The number of benzene rings is 1. The molecule has 0 radical (unpaired) electrons. The van der Waals surface area contributed by atoms with E-state index in [1.165, 1.54) is 0 Å². The maximum absolute atomic E-state index is 12.7. The van der Waals surface area contributed by atoms with E-state index in [-0.39, 0.29) is 12.1 Å². The fraction of sp³-hybridized carbons (Fsp3) is 0.600. The predicted molar refractivity (Wildman–Crippen MR) is 101 cm³/mol. The van der Waals surface area contributed by atoms with Gasteiger partial charge in [0.15, 0.2) is 11.5 Å². The van der Waals surface area contributed by atoms with Gasteiger partial charge in [-0.1, -0.05) is 19.8 Å². The SMILES string of the molecule is CCCCCOc1c(OC)ccc(C2=NC(C)(C)CO2)c1C(=O)OCC. The van der Waals surface area contributed by atoms with Crippen molar-refractivity contribution in [1.82, 2.24) is 0 Å². The Labute approximate surface area is 155 Å². The van der Waals surface area contributed by atoms with Crippen molar-refractivity contribution in [3.8, 4) is 11.5 Å². The van der Waals surface area contributed by atoms with Crippen molar-refractivity contribution in [3.05, 3.63) is 23.3 Å². The second-order valence-corrected chi connectivity index (χ2v) is 6.81. The Bertz CT molecular complexity index is 666. The summed E-state index contributed by atoms with van der Waals surface area (Å²) in [6, 6.07) is 3.54. The number of carbonyl (C=O) groups is 1. The van der Waals surface area contributed by atoms with Gasteiger partial charge in [0.1, 0.15) is 12.2 Å². The molecular formula is C20H29NO5. The first-order valence-electron chi connectivity index (χ1n) is 9.17. The summed E-state index contributed by atoms with van der Waals surface area (Å²) in [5, 5.41) is 0. The summed E-state index contributed by atoms with van der Waals surface area (Å²) in [7, 11) is 1.55. The van der Waals surface area contributed by atoms with E-state index in [9.17, 15) is 4.79 Å². The quantitative estimate of drug-likeness (QED) is 0.490. The second kappa shape index (κ2) is 8.92. The lowest BCUT2D eigenvalue weighted by Crippen LogP contribution is -2.17. The Hall–Kier alpha value is -2.24. The lowest BCUT2D eigenvalue weighted by molar-refractivity contribution is 0.0520. The van der Waals surface area contributed by atoms with Gasteiger partial charge in [-0.25, -0.2) is 9.79 Å². The van der Waals surface area contributed by atoms with Gasteiger partial charge in [0.2, 0.25) is 5.90 Å². The fourth-order valence-corrected chi connectivity index (χ4v) is 2.70. The van der Waals surface area contributed by atoms with Crippen LogP contribution in [0.5, 0.6) is 11.5 Å². The van der Waals surface area contributed by atoms with E-state index in [1.807, 2.05) is 13.8 Å². The van der Waals surface area contributed by atoms with Crippen LogP contribution in [0.1, 0.15) is 62.9 Å². The second-order valence-electron chi connectivity index (χ2n) is 6.81. The number of esters is 1. The zero-order chi connectivity index (χ0) is 19.2. The fourth-order valence-electron chi connectivity index (χ4n) is 2.70. The molecule has 26 heavy (non-hydrogen) atoms. The first kappa shape index (κ1) is 20.1. The third-order valence-corrected chi connectivity index (χ3v) is 4.01. The van der Waals surface area contributed by atoms with Crippen molar-refractivity contribution in [3.63, 3.8) is 0 Å². The number of rotatable bonds is 9. The average Bonchev–Trinajstić information content (AvgIpc) is 2.98. The van der Waals surface area contributed by atoms with Crippen molar-refractivity contribution in [2.75, 3.05) is 26.9 Å². The van der Waals surface area contributed by atoms with E-state index in [4.69, 9.17) is 18.9 Å². The van der Waals surface area contributed by atoms with Gasteiger partial charge >= 0.3 is 5.97 Å². The van der Waals surface area contributed by atoms with Crippen LogP contribution in [0.3, 0.4) is 0 Å². The molecule has 2 rings (SSSR count). The standard InChI is InChI=1S/C20H29NO5/c1-6-8-9-12-25-17-15(23-5)11-10-14(16(17)19(22)24-7-2)18-21-20(3,4)13-26-18/h10-11H,6-9,12-13H2,1-5H3. The molecule has 144 valence electrons. The number of unbranched alkanes of at least 4 members (excludes halogenated alkanes) is 2. The molecule has 0 amide bonds. The minimum Gasteiger partial charge on any atom is -0.493 e. The Balaban J connectivity index is 2.48. The minimum atomic E-state index is -0.470. The maximum Gasteiger partial charge on any atom is 0.342 e. The topological polar surface area (TPSA) is 66.3 Å². The first-order valence-corrected chi connectivity index (χ1v) is 9.17. The van der Waals surface area contributed by atoms with Crippen LogP contribution in [-0.2, 0) is 9.47 Å². The summed E-state index contributed by atoms with van der Waals surface area (Å²) in [6.45, 7) is 9.09. The van der Waals surface area contributed by atoms with Crippen molar-refractivity contribution >= 4 is 11.9 Å². The number of hydrogen-bond donors (Lipinski definition) is 0. The largest absolute Gasteiger partial charge is 0.493 e. The molecule has 1 aliphatic rings. The van der Waals surface area contributed by atoms with Crippen LogP contribution >= 0.6 is 0 Å². The molecular weight excluding hydrogens is 334 g/mol. The molecule has 1 heterocycles. The molecule has 1 aromatic rings. The zero-order valence-electron chi connectivity index (χ0n) is 16.4. The van der Waals surface area contributed by atoms with Gasteiger partial charge in [-0.2, -0.15) is 0 Å². The van der Waals surface area contributed by atoms with Gasteiger partial charge in [0.05, 0.1) is 31.4 Å². The Kier molecular flexibility index (Phi) is 6.89. The van der Waals surface area contributed by atoms with Crippen LogP contribution in [0.4, 0.5) is 0 Å². The third-order valence-electron chi connectivity index (χ3n) is 4.01. The number of methoxy groups -OCH3 is 1. The lowest BCUT2D eigenvalue weighted by atomic mass is 10.0. The number of carbonyl (C=O) groups excluding carboxylic acids is 1. The van der Waals surface area contributed by atoms with Crippen LogP contribution in [0.25, 0.3) is 0 Å². The van der Waals surface area contributed by atoms with Crippen LogP contribution < -0.4 is 9.47 Å². The highest BCUT2D eigenvalue weighted by Gasteiger charge is 2.32. The summed E-state index contributed by atoms with van der Waals surface area (Å²) >= 11 is 0. The molecule has 6 heteroatoms. The molecule has 0 aliphatic carbocycles. The zero-order valence-corrected chi connectivity index (χ0v) is 16.4. The van der Waals surface area contributed by atoms with E-state index in [1.54, 1.807) is 26.2 Å². The number of ether oxygens (including phenoxy) is 4. The summed E-state index contributed by atoms with van der Waals surface area (Å²) in [6.07, 6.45) is 3.04. The lowest BCUT2D eigenvalue weighted by Gasteiger charge is -2.17. The highest BCUT2D eigenvalue weighted by atomic mass is 16.5. The number of hydrogen-bond acceptors (Lipinski definition) is 6. The highest BCUT2D eigenvalue weighted by molar-refractivity contribution is 6.08. The summed E-state index contributed by atoms with van der Waals surface area (Å²) < 4.78 is 22.4. The highest BCUT2D eigenvalue weighted by Crippen LogP contribution is 2.36. The molecule has 0 fully saturated rings. The van der Waals surface area contributed by atoms with Gasteiger partial charge in [-0.3, -0.25) is 0 Å². The number of nitrogens with zero attached hydrogens (tertiary/aromatic N) is 1.